The predicted molar refractivity (Wildman–Crippen MR) is 164 cm³/mol. The zero-order chi connectivity index (χ0) is 30.3. The molecule has 224 valence electrons. The molecule has 1 saturated carbocycles. The summed E-state index contributed by atoms with van der Waals surface area (Å²) < 4.78 is 41.9. The molecule has 0 radical (unpaired) electrons. The molecule has 42 heavy (non-hydrogen) atoms. The van der Waals surface area contributed by atoms with Gasteiger partial charge in [0, 0.05) is 24.6 Å². The van der Waals surface area contributed by atoms with Crippen LogP contribution in [0.3, 0.4) is 0 Å². The topological polar surface area (TPSA) is 86.8 Å². The molecular weight excluding hydrogens is 553 g/mol. The molecule has 1 N–H and O–H groups in total. The number of aryl methyl sites for hydroxylation is 2. The van der Waals surface area contributed by atoms with Crippen molar-refractivity contribution >= 4 is 27.5 Å². The molecule has 3 aromatic carbocycles. The van der Waals surface area contributed by atoms with Gasteiger partial charge in [0.1, 0.15) is 18.4 Å². The van der Waals surface area contributed by atoms with E-state index in [1.54, 1.807) is 36.4 Å². The average Bonchev–Trinajstić information content (AvgIpc) is 2.96. The van der Waals surface area contributed by atoms with Crippen LogP contribution < -0.4 is 9.62 Å². The molecule has 1 aliphatic rings. The summed E-state index contributed by atoms with van der Waals surface area (Å²) in [6, 6.07) is 19.7. The van der Waals surface area contributed by atoms with Crippen LogP contribution in [-0.2, 0) is 32.6 Å². The molecule has 2 amide bonds. The second kappa shape index (κ2) is 14.0. The van der Waals surface area contributed by atoms with Crippen molar-refractivity contribution < 1.29 is 22.4 Å². The second-order valence-corrected chi connectivity index (χ2v) is 13.1. The van der Waals surface area contributed by atoms with Gasteiger partial charge in [0.2, 0.25) is 21.8 Å². The maximum atomic E-state index is 14.9. The molecule has 4 rings (SSSR count). The number of amides is 2. The van der Waals surface area contributed by atoms with Crippen LogP contribution in [0.2, 0.25) is 0 Å². The first kappa shape index (κ1) is 31.2. The first-order valence-corrected chi connectivity index (χ1v) is 16.3. The maximum Gasteiger partial charge on any atom is 0.244 e. The number of nitrogens with zero attached hydrogens (tertiary/aromatic N) is 2. The summed E-state index contributed by atoms with van der Waals surface area (Å²) in [4.78, 5) is 29.5. The summed E-state index contributed by atoms with van der Waals surface area (Å²) in [5.41, 5.74) is 3.30. The van der Waals surface area contributed by atoms with Crippen LogP contribution in [0, 0.1) is 19.7 Å². The molecular formula is C33H40FN3O4S. The number of halogens is 1. The highest BCUT2D eigenvalue weighted by atomic mass is 32.2. The van der Waals surface area contributed by atoms with Gasteiger partial charge in [-0.05, 0) is 61.6 Å². The van der Waals surface area contributed by atoms with E-state index in [4.69, 9.17) is 0 Å². The van der Waals surface area contributed by atoms with E-state index >= 15 is 0 Å². The predicted octanol–water partition coefficient (Wildman–Crippen LogP) is 5.30. The first-order valence-electron chi connectivity index (χ1n) is 14.4. The SMILES string of the molecule is Cc1ccc(N(CC(=O)N(Cc2ccccc2F)[C@@H](Cc2ccccc2)C(=O)NC2CCCCC2)S(C)(=O)=O)cc1C. The van der Waals surface area contributed by atoms with E-state index in [2.05, 4.69) is 5.32 Å². The van der Waals surface area contributed by atoms with Gasteiger partial charge in [-0.25, -0.2) is 12.8 Å². The first-order chi connectivity index (χ1) is 20.0. The fourth-order valence-corrected chi connectivity index (χ4v) is 6.24. The van der Waals surface area contributed by atoms with E-state index in [0.29, 0.717) is 5.69 Å². The van der Waals surface area contributed by atoms with E-state index in [1.165, 1.54) is 11.0 Å². The summed E-state index contributed by atoms with van der Waals surface area (Å²) in [5.74, 6) is -1.43. The van der Waals surface area contributed by atoms with Gasteiger partial charge in [-0.15, -0.1) is 0 Å². The Labute approximate surface area is 248 Å². The summed E-state index contributed by atoms with van der Waals surface area (Å²) in [6.07, 6.45) is 6.13. The molecule has 0 bridgehead atoms. The van der Waals surface area contributed by atoms with Gasteiger partial charge in [0.15, 0.2) is 0 Å². The van der Waals surface area contributed by atoms with E-state index in [-0.39, 0.29) is 30.5 Å². The number of nitrogens with one attached hydrogen (secondary N) is 1. The second-order valence-electron chi connectivity index (χ2n) is 11.2. The van der Waals surface area contributed by atoms with Crippen molar-refractivity contribution in [2.24, 2.45) is 0 Å². The lowest BCUT2D eigenvalue weighted by molar-refractivity contribution is -0.140. The summed E-state index contributed by atoms with van der Waals surface area (Å²) in [7, 11) is -3.87. The number of hydrogen-bond donors (Lipinski definition) is 1. The Hall–Kier alpha value is -3.72. The number of benzene rings is 3. The molecule has 0 unspecified atom stereocenters. The van der Waals surface area contributed by atoms with Crippen molar-refractivity contribution in [2.45, 2.75) is 71.0 Å². The van der Waals surface area contributed by atoms with Crippen molar-refractivity contribution in [3.8, 4) is 0 Å². The third-order valence-corrected chi connectivity index (χ3v) is 9.12. The number of hydrogen-bond acceptors (Lipinski definition) is 4. The van der Waals surface area contributed by atoms with Crippen molar-refractivity contribution in [2.75, 3.05) is 17.1 Å². The molecule has 1 atom stereocenters. The van der Waals surface area contributed by atoms with Crippen molar-refractivity contribution in [1.29, 1.82) is 0 Å². The van der Waals surface area contributed by atoms with Gasteiger partial charge < -0.3 is 10.2 Å². The summed E-state index contributed by atoms with van der Waals surface area (Å²) in [5, 5.41) is 3.15. The largest absolute Gasteiger partial charge is 0.352 e. The quantitative estimate of drug-likeness (QED) is 0.327. The van der Waals surface area contributed by atoms with Gasteiger partial charge in [-0.2, -0.15) is 0 Å². The highest BCUT2D eigenvalue weighted by Gasteiger charge is 2.34. The van der Waals surface area contributed by atoms with Crippen LogP contribution in [0.5, 0.6) is 0 Å². The van der Waals surface area contributed by atoms with Crippen LogP contribution in [0.25, 0.3) is 0 Å². The normalized spacial score (nSPS) is 14.7. The van der Waals surface area contributed by atoms with Crippen LogP contribution in [0.1, 0.15) is 54.4 Å². The Morgan fingerprint density at radius 3 is 2.24 bits per heavy atom. The lowest BCUT2D eigenvalue weighted by atomic mass is 9.94. The Morgan fingerprint density at radius 2 is 1.60 bits per heavy atom. The van der Waals surface area contributed by atoms with Crippen LogP contribution >= 0.6 is 0 Å². The Kier molecular flexibility index (Phi) is 10.4. The molecule has 3 aromatic rings. The average molecular weight is 594 g/mol. The molecule has 7 nitrogen and oxygen atoms in total. The number of anilines is 1. The zero-order valence-electron chi connectivity index (χ0n) is 24.6. The van der Waals surface area contributed by atoms with E-state index in [0.717, 1.165) is 59.4 Å². The highest BCUT2D eigenvalue weighted by molar-refractivity contribution is 7.92. The Bertz CT molecular complexity index is 1490. The minimum absolute atomic E-state index is 0.00186. The van der Waals surface area contributed by atoms with E-state index in [1.807, 2.05) is 44.2 Å². The minimum Gasteiger partial charge on any atom is -0.352 e. The van der Waals surface area contributed by atoms with Gasteiger partial charge in [-0.3, -0.25) is 13.9 Å². The van der Waals surface area contributed by atoms with Crippen LogP contribution in [0.15, 0.2) is 72.8 Å². The van der Waals surface area contributed by atoms with Crippen molar-refractivity contribution in [3.05, 3.63) is 101 Å². The molecule has 9 heteroatoms. The zero-order valence-corrected chi connectivity index (χ0v) is 25.4. The number of sulfonamides is 1. The van der Waals surface area contributed by atoms with Gasteiger partial charge in [0.05, 0.1) is 11.9 Å². The Balaban J connectivity index is 1.74. The number of carbonyl (C=O) groups is 2. The van der Waals surface area contributed by atoms with Gasteiger partial charge in [0.25, 0.3) is 0 Å². The minimum atomic E-state index is -3.87. The van der Waals surface area contributed by atoms with E-state index in [9.17, 15) is 22.4 Å². The molecule has 1 fully saturated rings. The molecule has 0 aliphatic heterocycles. The van der Waals surface area contributed by atoms with Crippen molar-refractivity contribution in [3.63, 3.8) is 0 Å². The Morgan fingerprint density at radius 1 is 0.929 bits per heavy atom. The molecule has 0 aromatic heterocycles. The molecule has 0 spiro atoms. The smallest absolute Gasteiger partial charge is 0.244 e. The van der Waals surface area contributed by atoms with Crippen LogP contribution in [-0.4, -0.2) is 50.0 Å². The molecule has 1 aliphatic carbocycles. The fourth-order valence-electron chi connectivity index (χ4n) is 5.40. The monoisotopic (exact) mass is 593 g/mol. The summed E-state index contributed by atoms with van der Waals surface area (Å²) in [6.45, 7) is 3.07. The number of rotatable bonds is 11. The molecule has 0 heterocycles. The fraction of sp³-hybridized carbons (Fsp3) is 0.394. The standard InChI is InChI=1S/C33H40FN3O4S/c1-24-18-19-29(20-25(24)2)37(42(3,40)41)23-32(38)36(22-27-14-10-11-17-30(27)34)31(21-26-12-6-4-7-13-26)33(39)35-28-15-8-5-9-16-28/h4,6-7,10-14,17-20,28,31H,5,8-9,15-16,21-23H2,1-3H3,(H,35,39)/t31-/m0/s1. The third kappa shape index (κ3) is 8.18. The highest BCUT2D eigenvalue weighted by Crippen LogP contribution is 2.24. The van der Waals surface area contributed by atoms with Gasteiger partial charge >= 0.3 is 0 Å². The van der Waals surface area contributed by atoms with E-state index < -0.39 is 34.3 Å². The lowest BCUT2D eigenvalue weighted by Crippen LogP contribution is -2.55. The van der Waals surface area contributed by atoms with Gasteiger partial charge in [-0.1, -0.05) is 73.9 Å². The summed E-state index contributed by atoms with van der Waals surface area (Å²) >= 11 is 0. The maximum absolute atomic E-state index is 14.9. The number of carbonyl (C=O) groups excluding carboxylic acids is 2. The lowest BCUT2D eigenvalue weighted by Gasteiger charge is -2.35. The molecule has 0 saturated heterocycles. The third-order valence-electron chi connectivity index (χ3n) is 7.98. The van der Waals surface area contributed by atoms with Crippen LogP contribution in [0.4, 0.5) is 10.1 Å². The van der Waals surface area contributed by atoms with Crippen molar-refractivity contribution in [1.82, 2.24) is 10.2 Å².